The van der Waals surface area contributed by atoms with Gasteiger partial charge in [-0.3, -0.25) is 4.98 Å². The molecular formula is C24H24FN3O2S. The van der Waals surface area contributed by atoms with Crippen molar-refractivity contribution in [3.63, 3.8) is 0 Å². The SMILES string of the molecule is CS(=O)(=O)[C@H]1CC2=CC(c3c[nH]c(-c4ccc(F)cc4)c3-c3ccncc3)CCN2C1. The second kappa shape index (κ2) is 7.64. The molecule has 1 aromatic carbocycles. The van der Waals surface area contributed by atoms with Gasteiger partial charge in [0.1, 0.15) is 5.82 Å². The van der Waals surface area contributed by atoms with Crippen molar-refractivity contribution in [3.8, 4) is 22.4 Å². The monoisotopic (exact) mass is 437 g/mol. The number of rotatable bonds is 4. The summed E-state index contributed by atoms with van der Waals surface area (Å²) in [5.41, 5.74) is 6.29. The number of nitrogens with one attached hydrogen (secondary N) is 1. The summed E-state index contributed by atoms with van der Waals surface area (Å²) in [7, 11) is -3.06. The molecule has 0 radical (unpaired) electrons. The maximum absolute atomic E-state index is 13.5. The van der Waals surface area contributed by atoms with E-state index in [9.17, 15) is 12.8 Å². The van der Waals surface area contributed by atoms with E-state index >= 15 is 0 Å². The fraction of sp³-hybridized carbons (Fsp3) is 0.292. The maximum atomic E-state index is 13.5. The van der Waals surface area contributed by atoms with Crippen molar-refractivity contribution in [2.45, 2.75) is 24.0 Å². The molecule has 1 unspecified atom stereocenters. The topological polar surface area (TPSA) is 66.1 Å². The molecule has 160 valence electrons. The number of nitrogens with zero attached hydrogens (tertiary/aromatic N) is 2. The molecule has 2 atom stereocenters. The molecule has 0 bridgehead atoms. The predicted octanol–water partition coefficient (Wildman–Crippen LogP) is 4.37. The van der Waals surface area contributed by atoms with Gasteiger partial charge in [-0.05, 0) is 59.5 Å². The highest BCUT2D eigenvalue weighted by molar-refractivity contribution is 7.91. The highest BCUT2D eigenvalue weighted by Crippen LogP contribution is 2.42. The van der Waals surface area contributed by atoms with Crippen LogP contribution in [-0.4, -0.2) is 47.9 Å². The van der Waals surface area contributed by atoms with Crippen LogP contribution in [0.4, 0.5) is 4.39 Å². The first-order valence-corrected chi connectivity index (χ1v) is 12.4. The second-order valence-electron chi connectivity index (χ2n) is 8.39. The summed E-state index contributed by atoms with van der Waals surface area (Å²) in [5, 5.41) is -0.321. The summed E-state index contributed by atoms with van der Waals surface area (Å²) in [6, 6.07) is 10.5. The normalized spacial score (nSPS) is 21.1. The molecule has 0 amide bonds. The first kappa shape index (κ1) is 20.0. The molecule has 2 aromatic heterocycles. The van der Waals surface area contributed by atoms with E-state index in [4.69, 9.17) is 0 Å². The second-order valence-corrected chi connectivity index (χ2v) is 10.7. The van der Waals surface area contributed by atoms with Gasteiger partial charge in [-0.2, -0.15) is 0 Å². The molecule has 1 N–H and O–H groups in total. The van der Waals surface area contributed by atoms with Gasteiger partial charge in [0.05, 0.1) is 10.9 Å². The summed E-state index contributed by atoms with van der Waals surface area (Å²) < 4.78 is 37.6. The lowest BCUT2D eigenvalue weighted by Gasteiger charge is -2.29. The number of allylic oxidation sites excluding steroid dienone is 2. The molecule has 1 fully saturated rings. The Balaban J connectivity index is 1.57. The fourth-order valence-electron chi connectivity index (χ4n) is 4.75. The third-order valence-electron chi connectivity index (χ3n) is 6.39. The van der Waals surface area contributed by atoms with E-state index in [1.807, 2.05) is 18.3 Å². The number of hydrogen-bond donors (Lipinski definition) is 1. The summed E-state index contributed by atoms with van der Waals surface area (Å²) in [5.74, 6) is -0.0852. The van der Waals surface area contributed by atoms with Crippen molar-refractivity contribution in [1.82, 2.24) is 14.9 Å². The van der Waals surface area contributed by atoms with Gasteiger partial charge in [-0.15, -0.1) is 0 Å². The zero-order valence-electron chi connectivity index (χ0n) is 17.3. The van der Waals surface area contributed by atoms with E-state index in [-0.39, 0.29) is 17.0 Å². The first-order valence-electron chi connectivity index (χ1n) is 10.4. The lowest BCUT2D eigenvalue weighted by atomic mass is 9.87. The standard InChI is InChI=1S/C24H24FN3O2S/c1-31(29,30)21-13-20-12-18(8-11-28(20)15-21)22-14-27-24(17-2-4-19(25)5-3-17)23(22)16-6-9-26-10-7-16/h2-7,9-10,12,14,18,21,27H,8,11,13,15H2,1H3/t18?,21-/m0/s1. The van der Waals surface area contributed by atoms with Crippen molar-refractivity contribution in [2.75, 3.05) is 19.3 Å². The summed E-state index contributed by atoms with van der Waals surface area (Å²) >= 11 is 0. The van der Waals surface area contributed by atoms with Crippen LogP contribution in [0.25, 0.3) is 22.4 Å². The molecule has 7 heteroatoms. The van der Waals surface area contributed by atoms with Crippen molar-refractivity contribution in [1.29, 1.82) is 0 Å². The van der Waals surface area contributed by atoms with Crippen LogP contribution >= 0.6 is 0 Å². The molecule has 0 saturated carbocycles. The number of halogens is 1. The van der Waals surface area contributed by atoms with Crippen molar-refractivity contribution >= 4 is 9.84 Å². The molecule has 1 saturated heterocycles. The number of aromatic amines is 1. The van der Waals surface area contributed by atoms with Crippen LogP contribution < -0.4 is 0 Å². The lowest BCUT2D eigenvalue weighted by molar-refractivity contribution is 0.355. The minimum atomic E-state index is -3.06. The van der Waals surface area contributed by atoms with E-state index in [1.54, 1.807) is 24.5 Å². The summed E-state index contributed by atoms with van der Waals surface area (Å²) in [4.78, 5) is 9.78. The fourth-order valence-corrected chi connectivity index (χ4v) is 5.67. The van der Waals surface area contributed by atoms with E-state index < -0.39 is 9.84 Å². The Labute approximate surface area is 181 Å². The average molecular weight is 438 g/mol. The van der Waals surface area contributed by atoms with Gasteiger partial charge in [-0.1, -0.05) is 6.08 Å². The number of fused-ring (bicyclic) bond motifs is 1. The Bertz CT molecular complexity index is 1230. The summed E-state index contributed by atoms with van der Waals surface area (Å²) in [6.45, 7) is 1.43. The van der Waals surface area contributed by atoms with Crippen LogP contribution in [0.5, 0.6) is 0 Å². The minimum absolute atomic E-state index is 0.179. The molecule has 4 heterocycles. The van der Waals surface area contributed by atoms with Gasteiger partial charge in [0, 0.05) is 61.5 Å². The van der Waals surface area contributed by atoms with Gasteiger partial charge < -0.3 is 9.88 Å². The predicted molar refractivity (Wildman–Crippen MR) is 120 cm³/mol. The zero-order valence-corrected chi connectivity index (χ0v) is 18.1. The molecule has 2 aliphatic rings. The van der Waals surface area contributed by atoms with Crippen LogP contribution in [-0.2, 0) is 9.84 Å². The third-order valence-corrected chi connectivity index (χ3v) is 7.91. The first-order chi connectivity index (χ1) is 14.9. The number of hydrogen-bond acceptors (Lipinski definition) is 4. The molecule has 31 heavy (non-hydrogen) atoms. The molecule has 5 nitrogen and oxygen atoms in total. The highest BCUT2D eigenvalue weighted by Gasteiger charge is 2.36. The van der Waals surface area contributed by atoms with Crippen molar-refractivity contribution < 1.29 is 12.8 Å². The molecule has 2 aliphatic heterocycles. The van der Waals surface area contributed by atoms with Crippen LogP contribution in [0.1, 0.15) is 24.3 Å². The molecule has 0 spiro atoms. The Morgan fingerprint density at radius 3 is 2.55 bits per heavy atom. The van der Waals surface area contributed by atoms with Gasteiger partial charge in [0.2, 0.25) is 0 Å². The average Bonchev–Trinajstić information content (AvgIpc) is 3.39. The Morgan fingerprint density at radius 1 is 1.10 bits per heavy atom. The van der Waals surface area contributed by atoms with Gasteiger partial charge >= 0.3 is 0 Å². The van der Waals surface area contributed by atoms with Gasteiger partial charge in [0.15, 0.2) is 9.84 Å². The number of pyridine rings is 1. The van der Waals surface area contributed by atoms with Gasteiger partial charge in [-0.25, -0.2) is 12.8 Å². The van der Waals surface area contributed by atoms with E-state index in [0.29, 0.717) is 13.0 Å². The Morgan fingerprint density at radius 2 is 1.84 bits per heavy atom. The molecule has 5 rings (SSSR count). The van der Waals surface area contributed by atoms with Crippen molar-refractivity contribution in [2.24, 2.45) is 0 Å². The quantitative estimate of drug-likeness (QED) is 0.658. The number of H-pyrrole nitrogens is 1. The van der Waals surface area contributed by atoms with E-state index in [2.05, 4.69) is 20.9 Å². The van der Waals surface area contributed by atoms with E-state index in [0.717, 1.165) is 41.0 Å². The van der Waals surface area contributed by atoms with Crippen LogP contribution in [0.3, 0.4) is 0 Å². The highest BCUT2D eigenvalue weighted by atomic mass is 32.2. The van der Waals surface area contributed by atoms with Crippen LogP contribution in [0, 0.1) is 5.82 Å². The molecular weight excluding hydrogens is 413 g/mol. The third kappa shape index (κ3) is 3.78. The zero-order chi connectivity index (χ0) is 21.6. The smallest absolute Gasteiger partial charge is 0.152 e. The van der Waals surface area contributed by atoms with Crippen LogP contribution in [0.2, 0.25) is 0 Å². The van der Waals surface area contributed by atoms with E-state index in [1.165, 1.54) is 24.0 Å². The minimum Gasteiger partial charge on any atom is -0.374 e. The largest absolute Gasteiger partial charge is 0.374 e. The summed E-state index contributed by atoms with van der Waals surface area (Å²) in [6.07, 6.45) is 10.6. The number of benzene rings is 1. The van der Waals surface area contributed by atoms with Gasteiger partial charge in [0.25, 0.3) is 0 Å². The van der Waals surface area contributed by atoms with Crippen LogP contribution in [0.15, 0.2) is 66.8 Å². The molecule has 0 aliphatic carbocycles. The lowest BCUT2D eigenvalue weighted by Crippen LogP contribution is -2.29. The maximum Gasteiger partial charge on any atom is 0.152 e. The number of aromatic nitrogens is 2. The Kier molecular flexibility index (Phi) is 4.93. The molecule has 3 aromatic rings. The Hall–Kier alpha value is -2.93. The van der Waals surface area contributed by atoms with Crippen molar-refractivity contribution in [3.05, 3.63) is 78.1 Å². The number of sulfone groups is 1.